The first-order valence-corrected chi connectivity index (χ1v) is 10.9. The van der Waals surface area contributed by atoms with Crippen LogP contribution in [0.4, 0.5) is 19.1 Å². The van der Waals surface area contributed by atoms with Crippen LogP contribution in [0.15, 0.2) is 47.7 Å². The molecule has 0 radical (unpaired) electrons. The molecule has 1 amide bonds. The van der Waals surface area contributed by atoms with Crippen LogP contribution >= 0.6 is 0 Å². The van der Waals surface area contributed by atoms with Crippen molar-refractivity contribution in [2.45, 2.75) is 19.0 Å². The van der Waals surface area contributed by atoms with Crippen LogP contribution in [-0.2, 0) is 22.1 Å². The highest BCUT2D eigenvalue weighted by Crippen LogP contribution is 2.28. The summed E-state index contributed by atoms with van der Waals surface area (Å²) in [6.07, 6.45) is -0.440. The second-order valence-electron chi connectivity index (χ2n) is 7.93. The molecule has 0 spiro atoms. The molecule has 1 aliphatic heterocycles. The standard InChI is InChI=1S/C23H24F3N5O3/c24-23(25,26)17-14-28-22(29-15-17)31-10-8-30(9-11-31)20(32)6-13-34-12-5-16-2-1-3-19-18(16)4-7-27-21(19)33/h1-4,7,14-15H,5-6,8-13H2,(H,27,33). The van der Waals surface area contributed by atoms with Crippen LogP contribution in [0, 0.1) is 0 Å². The highest BCUT2D eigenvalue weighted by atomic mass is 19.4. The summed E-state index contributed by atoms with van der Waals surface area (Å²) in [5.74, 6) is 0.184. The van der Waals surface area contributed by atoms with Crippen molar-refractivity contribution in [1.29, 1.82) is 0 Å². The van der Waals surface area contributed by atoms with Crippen LogP contribution < -0.4 is 10.5 Å². The van der Waals surface area contributed by atoms with Gasteiger partial charge in [0.25, 0.3) is 5.56 Å². The lowest BCUT2D eigenvalue weighted by atomic mass is 10.0. The number of amides is 1. The number of aromatic nitrogens is 3. The number of alkyl halides is 3. The van der Waals surface area contributed by atoms with Gasteiger partial charge >= 0.3 is 6.18 Å². The van der Waals surface area contributed by atoms with Crippen molar-refractivity contribution in [1.82, 2.24) is 19.9 Å². The van der Waals surface area contributed by atoms with Crippen molar-refractivity contribution in [3.63, 3.8) is 0 Å². The molecule has 0 bridgehead atoms. The molecule has 2 aromatic heterocycles. The number of carbonyl (C=O) groups is 1. The molecule has 1 fully saturated rings. The summed E-state index contributed by atoms with van der Waals surface area (Å²) in [6.45, 7) is 2.47. The summed E-state index contributed by atoms with van der Waals surface area (Å²) in [5, 5.41) is 1.52. The van der Waals surface area contributed by atoms with Crippen molar-refractivity contribution >= 4 is 22.6 Å². The number of H-pyrrole nitrogens is 1. The van der Waals surface area contributed by atoms with Crippen molar-refractivity contribution in [2.24, 2.45) is 0 Å². The van der Waals surface area contributed by atoms with Crippen LogP contribution in [0.25, 0.3) is 10.8 Å². The van der Waals surface area contributed by atoms with Crippen LogP contribution in [-0.4, -0.2) is 65.2 Å². The number of carbonyl (C=O) groups excluding carboxylic acids is 1. The molecule has 34 heavy (non-hydrogen) atoms. The van der Waals surface area contributed by atoms with Gasteiger partial charge in [-0.2, -0.15) is 13.2 Å². The number of nitrogens with zero attached hydrogens (tertiary/aromatic N) is 4. The van der Waals surface area contributed by atoms with Gasteiger partial charge in [-0.25, -0.2) is 9.97 Å². The number of fused-ring (bicyclic) bond motifs is 1. The van der Waals surface area contributed by atoms with Gasteiger partial charge in [-0.1, -0.05) is 12.1 Å². The second kappa shape index (κ2) is 10.2. The van der Waals surface area contributed by atoms with Crippen molar-refractivity contribution in [3.8, 4) is 0 Å². The maximum Gasteiger partial charge on any atom is 0.419 e. The lowest BCUT2D eigenvalue weighted by molar-refractivity contribution is -0.138. The molecular weight excluding hydrogens is 451 g/mol. The number of anilines is 1. The predicted octanol–water partition coefficient (Wildman–Crippen LogP) is 2.63. The van der Waals surface area contributed by atoms with Crippen molar-refractivity contribution in [3.05, 3.63) is 64.3 Å². The number of hydrogen-bond donors (Lipinski definition) is 1. The first-order valence-electron chi connectivity index (χ1n) is 10.9. The SMILES string of the molecule is O=C(CCOCCc1cccc2c(=O)[nH]ccc12)N1CCN(c2ncc(C(F)(F)F)cn2)CC1. The molecule has 8 nitrogen and oxygen atoms in total. The lowest BCUT2D eigenvalue weighted by Crippen LogP contribution is -2.49. The van der Waals surface area contributed by atoms with Gasteiger partial charge in [0.15, 0.2) is 0 Å². The molecule has 180 valence electrons. The van der Waals surface area contributed by atoms with Crippen LogP contribution in [0.1, 0.15) is 17.5 Å². The molecule has 3 aromatic rings. The predicted molar refractivity (Wildman–Crippen MR) is 120 cm³/mol. The fourth-order valence-electron chi connectivity index (χ4n) is 3.89. The third-order valence-corrected chi connectivity index (χ3v) is 5.76. The number of piperazine rings is 1. The van der Waals surface area contributed by atoms with E-state index in [0.29, 0.717) is 44.6 Å². The summed E-state index contributed by atoms with van der Waals surface area (Å²) in [7, 11) is 0. The number of ether oxygens (including phenoxy) is 1. The zero-order valence-corrected chi connectivity index (χ0v) is 18.3. The van der Waals surface area contributed by atoms with Gasteiger partial charge in [0.1, 0.15) is 0 Å². The van der Waals surface area contributed by atoms with Gasteiger partial charge < -0.3 is 19.5 Å². The Balaban J connectivity index is 1.19. The van der Waals surface area contributed by atoms with Crippen molar-refractivity contribution in [2.75, 3.05) is 44.3 Å². The minimum atomic E-state index is -4.47. The average Bonchev–Trinajstić information content (AvgIpc) is 2.84. The fourth-order valence-corrected chi connectivity index (χ4v) is 3.89. The molecule has 11 heteroatoms. The number of nitrogens with one attached hydrogen (secondary N) is 1. The quantitative estimate of drug-likeness (QED) is 0.529. The van der Waals surface area contributed by atoms with E-state index in [1.807, 2.05) is 18.2 Å². The van der Waals surface area contributed by atoms with E-state index in [2.05, 4.69) is 15.0 Å². The Morgan fingerprint density at radius 1 is 1.03 bits per heavy atom. The second-order valence-corrected chi connectivity index (χ2v) is 7.93. The van der Waals surface area contributed by atoms with Gasteiger partial charge in [0.2, 0.25) is 11.9 Å². The molecule has 0 aliphatic carbocycles. The van der Waals surface area contributed by atoms with Gasteiger partial charge in [0, 0.05) is 50.2 Å². The third-order valence-electron chi connectivity index (χ3n) is 5.76. The molecule has 1 aliphatic rings. The van der Waals surface area contributed by atoms with Crippen LogP contribution in [0.5, 0.6) is 0 Å². The Kier molecular flexibility index (Phi) is 7.11. The number of aromatic amines is 1. The monoisotopic (exact) mass is 475 g/mol. The smallest absolute Gasteiger partial charge is 0.381 e. The molecule has 0 unspecified atom stereocenters. The number of pyridine rings is 1. The summed E-state index contributed by atoms with van der Waals surface area (Å²) in [6, 6.07) is 7.44. The Labute approximate surface area is 193 Å². The highest BCUT2D eigenvalue weighted by Gasteiger charge is 2.32. The van der Waals surface area contributed by atoms with E-state index in [1.165, 1.54) is 0 Å². The molecule has 1 aromatic carbocycles. The van der Waals surface area contributed by atoms with E-state index in [4.69, 9.17) is 4.74 Å². The zero-order chi connectivity index (χ0) is 24.1. The Hall–Kier alpha value is -3.47. The third kappa shape index (κ3) is 5.53. The minimum absolute atomic E-state index is 0.0373. The minimum Gasteiger partial charge on any atom is -0.381 e. The Bertz CT molecular complexity index is 1190. The van der Waals surface area contributed by atoms with E-state index >= 15 is 0 Å². The molecule has 0 atom stereocenters. The van der Waals surface area contributed by atoms with E-state index in [-0.39, 0.29) is 30.4 Å². The zero-order valence-electron chi connectivity index (χ0n) is 18.3. The average molecular weight is 475 g/mol. The van der Waals surface area contributed by atoms with E-state index < -0.39 is 11.7 Å². The summed E-state index contributed by atoms with van der Waals surface area (Å²) >= 11 is 0. The van der Waals surface area contributed by atoms with E-state index in [9.17, 15) is 22.8 Å². The Morgan fingerprint density at radius 2 is 1.76 bits per heavy atom. The normalized spacial score (nSPS) is 14.6. The van der Waals surface area contributed by atoms with Crippen molar-refractivity contribution < 1.29 is 22.7 Å². The summed E-state index contributed by atoms with van der Waals surface area (Å²) < 4.78 is 43.6. The number of hydrogen-bond acceptors (Lipinski definition) is 6. The van der Waals surface area contributed by atoms with E-state index in [1.54, 1.807) is 22.1 Å². The van der Waals surface area contributed by atoms with Gasteiger partial charge in [0.05, 0.1) is 25.2 Å². The number of benzene rings is 1. The highest BCUT2D eigenvalue weighted by molar-refractivity contribution is 5.84. The fraction of sp³-hybridized carbons (Fsp3) is 0.391. The van der Waals surface area contributed by atoms with Gasteiger partial charge in [-0.15, -0.1) is 0 Å². The first-order chi connectivity index (χ1) is 16.3. The molecule has 1 N–H and O–H groups in total. The first kappa shape index (κ1) is 23.7. The molecule has 4 rings (SSSR count). The maximum absolute atomic E-state index is 12.7. The summed E-state index contributed by atoms with van der Waals surface area (Å²) in [4.78, 5) is 38.1. The maximum atomic E-state index is 12.7. The molecule has 0 saturated carbocycles. The van der Waals surface area contributed by atoms with Gasteiger partial charge in [-0.3, -0.25) is 9.59 Å². The molecule has 1 saturated heterocycles. The van der Waals surface area contributed by atoms with Gasteiger partial charge in [-0.05, 0) is 29.5 Å². The number of halogens is 3. The molecular formula is C23H24F3N5O3. The summed E-state index contributed by atoms with van der Waals surface area (Å²) in [5.41, 5.74) is -0.00782. The number of rotatable bonds is 7. The topological polar surface area (TPSA) is 91.4 Å². The van der Waals surface area contributed by atoms with Crippen LogP contribution in [0.3, 0.4) is 0 Å². The van der Waals surface area contributed by atoms with E-state index in [0.717, 1.165) is 23.3 Å². The Morgan fingerprint density at radius 3 is 2.47 bits per heavy atom. The largest absolute Gasteiger partial charge is 0.419 e. The van der Waals surface area contributed by atoms with Crippen LogP contribution in [0.2, 0.25) is 0 Å². The molecule has 3 heterocycles. The lowest BCUT2D eigenvalue weighted by Gasteiger charge is -2.34.